The van der Waals surface area contributed by atoms with E-state index in [-0.39, 0.29) is 0 Å². The van der Waals surface area contributed by atoms with Crippen LogP contribution in [0.1, 0.15) is 6.42 Å². The number of carbonyl (C=O) groups is 2. The second kappa shape index (κ2) is 2.81. The molecule has 2 atom stereocenters. The van der Waals surface area contributed by atoms with Crippen LogP contribution in [0, 0.1) is 22.7 Å². The Morgan fingerprint density at radius 2 is 1.35 bits per heavy atom. The van der Waals surface area contributed by atoms with Gasteiger partial charge in [-0.15, -0.1) is 0 Å². The molecule has 6 heteroatoms. The van der Waals surface area contributed by atoms with Crippen LogP contribution in [0.2, 0.25) is 0 Å². The number of rotatable bonds is 2. The Kier molecular flexibility index (Phi) is 1.82. The predicted molar refractivity (Wildman–Crippen MR) is 52.5 cm³/mol. The molecule has 5 saturated carbocycles. The molecule has 0 amide bonds. The maximum Gasteiger partial charge on any atom is 0.312 e. The minimum Gasteiger partial charge on any atom is -0.469 e. The number of carbonyl (C=O) groups excluding carboxylic acids is 2. The largest absolute Gasteiger partial charge is 0.469 e. The van der Waals surface area contributed by atoms with Gasteiger partial charge < -0.3 is 19.7 Å². The second-order valence-corrected chi connectivity index (χ2v) is 5.18. The lowest BCUT2D eigenvalue weighted by molar-refractivity contribution is -0.301. The molecule has 6 nitrogen and oxygen atoms in total. The number of hydrogen-bond donors (Lipinski definition) is 2. The summed E-state index contributed by atoms with van der Waals surface area (Å²) in [6.07, 6.45) is -1.79. The van der Waals surface area contributed by atoms with Crippen molar-refractivity contribution in [1.82, 2.24) is 0 Å². The van der Waals surface area contributed by atoms with E-state index in [1.54, 1.807) is 0 Å². The summed E-state index contributed by atoms with van der Waals surface area (Å²) < 4.78 is 9.44. The highest BCUT2D eigenvalue weighted by molar-refractivity contribution is 5.95. The molecule has 0 spiro atoms. The third-order valence-corrected chi connectivity index (χ3v) is 4.97. The normalized spacial score (nSPS) is 53.4. The number of hydrogen-bond acceptors (Lipinski definition) is 6. The maximum absolute atomic E-state index is 11.8. The summed E-state index contributed by atoms with van der Waals surface area (Å²) in [4.78, 5) is 23.5. The van der Waals surface area contributed by atoms with E-state index in [4.69, 9.17) is 9.47 Å². The fraction of sp³-hybridized carbons (Fsp3) is 0.818. The van der Waals surface area contributed by atoms with Crippen LogP contribution in [0.25, 0.3) is 0 Å². The summed E-state index contributed by atoms with van der Waals surface area (Å²) in [5.41, 5.74) is -1.75. The van der Waals surface area contributed by atoms with Gasteiger partial charge in [0.2, 0.25) is 0 Å². The van der Waals surface area contributed by atoms with E-state index in [9.17, 15) is 19.8 Å². The van der Waals surface area contributed by atoms with Crippen LogP contribution in [0.3, 0.4) is 0 Å². The molecule has 2 unspecified atom stereocenters. The van der Waals surface area contributed by atoms with Gasteiger partial charge in [-0.2, -0.15) is 0 Å². The summed E-state index contributed by atoms with van der Waals surface area (Å²) in [5, 5.41) is 19.7. The zero-order valence-electron chi connectivity index (χ0n) is 9.54. The first-order chi connectivity index (χ1) is 7.98. The zero-order chi connectivity index (χ0) is 12.6. The van der Waals surface area contributed by atoms with Crippen LogP contribution >= 0.6 is 0 Å². The lowest BCUT2D eigenvalue weighted by Crippen LogP contribution is -2.80. The van der Waals surface area contributed by atoms with Crippen molar-refractivity contribution in [3.63, 3.8) is 0 Å². The summed E-state index contributed by atoms with van der Waals surface area (Å²) in [5.74, 6) is -2.02. The number of fused-ring (bicyclic) bond motifs is 1. The molecule has 0 aliphatic heterocycles. The van der Waals surface area contributed by atoms with Crippen molar-refractivity contribution in [2.75, 3.05) is 14.2 Å². The zero-order valence-corrected chi connectivity index (χ0v) is 9.54. The molecule has 5 aliphatic carbocycles. The molecule has 5 fully saturated rings. The van der Waals surface area contributed by atoms with Crippen LogP contribution < -0.4 is 0 Å². The average Bonchev–Trinajstić information content (AvgIpc) is 2.56. The number of aliphatic hydroxyl groups excluding tert-OH is 2. The van der Waals surface area contributed by atoms with Gasteiger partial charge in [0.15, 0.2) is 0 Å². The molecule has 0 aromatic rings. The molecule has 2 N–H and O–H groups in total. The Morgan fingerprint density at radius 3 is 1.65 bits per heavy atom. The minimum absolute atomic E-state index is 0.308. The van der Waals surface area contributed by atoms with Crippen molar-refractivity contribution < 1.29 is 29.3 Å². The average molecular weight is 242 g/mol. The number of ether oxygens (including phenoxy) is 2. The SMILES string of the molecule is COC(=O)C12CC3(C(=O)OC)C1C(O)C(O)C23. The fourth-order valence-electron chi connectivity index (χ4n) is 4.52. The van der Waals surface area contributed by atoms with Crippen molar-refractivity contribution in [2.24, 2.45) is 22.7 Å². The van der Waals surface area contributed by atoms with Gasteiger partial charge in [0.1, 0.15) is 0 Å². The smallest absolute Gasteiger partial charge is 0.312 e. The summed E-state index contributed by atoms with van der Waals surface area (Å²) in [6.45, 7) is 0. The van der Waals surface area contributed by atoms with Gasteiger partial charge in [0.25, 0.3) is 0 Å². The Balaban J connectivity index is 2.00. The van der Waals surface area contributed by atoms with Crippen LogP contribution in [0.4, 0.5) is 0 Å². The van der Waals surface area contributed by atoms with Gasteiger partial charge in [0, 0.05) is 11.8 Å². The summed E-state index contributed by atoms with van der Waals surface area (Å²) >= 11 is 0. The lowest BCUT2D eigenvalue weighted by Gasteiger charge is -2.72. The van der Waals surface area contributed by atoms with Gasteiger partial charge in [-0.1, -0.05) is 0 Å². The topological polar surface area (TPSA) is 93.1 Å². The standard InChI is InChI=1S/C11H14O6/c1-16-8(14)10-3-11(9(15)17-2)6(10)4(12)5(13)7(10)11/h4-7,12-13H,3H2,1-2H3. The Labute approximate surface area is 97.5 Å². The van der Waals surface area contributed by atoms with Gasteiger partial charge >= 0.3 is 11.9 Å². The summed E-state index contributed by atoms with van der Waals surface area (Å²) in [7, 11) is 2.54. The van der Waals surface area contributed by atoms with Gasteiger partial charge in [-0.3, -0.25) is 9.59 Å². The van der Waals surface area contributed by atoms with E-state index in [2.05, 4.69) is 0 Å². The van der Waals surface area contributed by atoms with Crippen molar-refractivity contribution in [1.29, 1.82) is 0 Å². The highest BCUT2D eigenvalue weighted by Crippen LogP contribution is 2.87. The number of esters is 2. The van der Waals surface area contributed by atoms with Gasteiger partial charge in [-0.25, -0.2) is 0 Å². The van der Waals surface area contributed by atoms with E-state index in [1.807, 2.05) is 0 Å². The third kappa shape index (κ3) is 0.760. The lowest BCUT2D eigenvalue weighted by atomic mass is 9.27. The molecular weight excluding hydrogens is 228 g/mol. The summed E-state index contributed by atoms with van der Waals surface area (Å²) in [6, 6.07) is 0. The molecule has 17 heavy (non-hydrogen) atoms. The van der Waals surface area contributed by atoms with E-state index < -0.39 is 46.8 Å². The minimum atomic E-state index is -1.05. The molecule has 0 saturated heterocycles. The highest BCUT2D eigenvalue weighted by atomic mass is 16.5. The first kappa shape index (κ1) is 11.0. The van der Waals surface area contributed by atoms with E-state index in [0.29, 0.717) is 6.42 Å². The van der Waals surface area contributed by atoms with Crippen LogP contribution in [0.5, 0.6) is 0 Å². The van der Waals surface area contributed by atoms with Crippen molar-refractivity contribution >= 4 is 11.9 Å². The Bertz CT molecular complexity index is 370. The molecular formula is C11H14O6. The first-order valence-electron chi connectivity index (χ1n) is 5.51. The number of methoxy groups -OCH3 is 2. The Hall–Kier alpha value is -1.14. The molecule has 5 rings (SSSR count). The van der Waals surface area contributed by atoms with E-state index >= 15 is 0 Å². The Morgan fingerprint density at radius 1 is 1.00 bits per heavy atom. The quantitative estimate of drug-likeness (QED) is 0.584. The van der Waals surface area contributed by atoms with E-state index in [1.165, 1.54) is 14.2 Å². The monoisotopic (exact) mass is 242 g/mol. The van der Waals surface area contributed by atoms with E-state index in [0.717, 1.165) is 0 Å². The molecule has 0 heterocycles. The molecule has 0 radical (unpaired) electrons. The van der Waals surface area contributed by atoms with Gasteiger partial charge in [-0.05, 0) is 6.42 Å². The van der Waals surface area contributed by atoms with Gasteiger partial charge in [0.05, 0.1) is 37.3 Å². The van der Waals surface area contributed by atoms with Crippen LogP contribution in [0.15, 0.2) is 0 Å². The fourth-order valence-corrected chi connectivity index (χ4v) is 4.52. The number of aliphatic hydroxyl groups is 2. The van der Waals surface area contributed by atoms with Crippen molar-refractivity contribution in [3.05, 3.63) is 0 Å². The molecule has 0 aromatic carbocycles. The third-order valence-electron chi connectivity index (χ3n) is 4.97. The second-order valence-electron chi connectivity index (χ2n) is 5.18. The van der Waals surface area contributed by atoms with Crippen molar-refractivity contribution in [2.45, 2.75) is 18.6 Å². The van der Waals surface area contributed by atoms with Crippen molar-refractivity contribution in [3.8, 4) is 0 Å². The molecule has 5 aliphatic rings. The highest BCUT2D eigenvalue weighted by Gasteiger charge is 2.96. The van der Waals surface area contributed by atoms with Crippen LogP contribution in [-0.4, -0.2) is 48.6 Å². The molecule has 94 valence electrons. The maximum atomic E-state index is 11.8. The predicted octanol–water partition coefficient (Wildman–Crippen LogP) is -1.31. The molecule has 4 bridgehead atoms. The molecule has 0 aromatic heterocycles. The van der Waals surface area contributed by atoms with Crippen LogP contribution in [-0.2, 0) is 19.1 Å². The first-order valence-corrected chi connectivity index (χ1v) is 5.51.